The van der Waals surface area contributed by atoms with E-state index >= 15 is 0 Å². The summed E-state index contributed by atoms with van der Waals surface area (Å²) < 4.78 is 0. The van der Waals surface area contributed by atoms with E-state index in [0.717, 1.165) is 36.9 Å². The van der Waals surface area contributed by atoms with Crippen LogP contribution in [0.3, 0.4) is 0 Å². The third kappa shape index (κ3) is 2.01. The highest BCUT2D eigenvalue weighted by atomic mass is 16.4. The standard InChI is InChI=1S/C15H17NO3/c17-14(10-5-1-2-6-10)16-9-12(15(18)19)11-7-3-4-8-13(11)16/h3-4,7-8,10,12H,1-2,5-6,9H2,(H,18,19). The van der Waals surface area contributed by atoms with Crippen LogP contribution in [0, 0.1) is 5.92 Å². The Bertz CT molecular complexity index is 520. The Labute approximate surface area is 112 Å². The number of rotatable bonds is 2. The van der Waals surface area contributed by atoms with Crippen molar-refractivity contribution in [3.8, 4) is 0 Å². The van der Waals surface area contributed by atoms with E-state index in [1.807, 2.05) is 24.3 Å². The lowest BCUT2D eigenvalue weighted by atomic mass is 10.0. The van der Waals surface area contributed by atoms with Gasteiger partial charge >= 0.3 is 5.97 Å². The second-order valence-electron chi connectivity index (χ2n) is 5.38. The molecule has 100 valence electrons. The van der Waals surface area contributed by atoms with Gasteiger partial charge < -0.3 is 10.0 Å². The summed E-state index contributed by atoms with van der Waals surface area (Å²) in [7, 11) is 0. The third-order valence-corrected chi connectivity index (χ3v) is 4.24. The topological polar surface area (TPSA) is 57.6 Å². The van der Waals surface area contributed by atoms with Crippen LogP contribution in [0.25, 0.3) is 0 Å². The quantitative estimate of drug-likeness (QED) is 0.887. The fourth-order valence-electron chi connectivity index (χ4n) is 3.22. The molecule has 19 heavy (non-hydrogen) atoms. The van der Waals surface area contributed by atoms with Gasteiger partial charge in [-0.15, -0.1) is 0 Å². The molecule has 1 N–H and O–H groups in total. The largest absolute Gasteiger partial charge is 0.481 e. The summed E-state index contributed by atoms with van der Waals surface area (Å²) in [6.07, 6.45) is 4.09. The number of benzene rings is 1. The minimum Gasteiger partial charge on any atom is -0.481 e. The van der Waals surface area contributed by atoms with Crippen molar-refractivity contribution in [1.29, 1.82) is 0 Å². The normalized spacial score (nSPS) is 22.5. The zero-order valence-corrected chi connectivity index (χ0v) is 10.7. The molecule has 0 spiro atoms. The van der Waals surface area contributed by atoms with Crippen LogP contribution in [0.5, 0.6) is 0 Å². The first-order valence-electron chi connectivity index (χ1n) is 6.81. The summed E-state index contributed by atoms with van der Waals surface area (Å²) in [6.45, 7) is 0.282. The zero-order chi connectivity index (χ0) is 13.4. The number of para-hydroxylation sites is 1. The van der Waals surface area contributed by atoms with Gasteiger partial charge in [0.1, 0.15) is 5.92 Å². The summed E-state index contributed by atoms with van der Waals surface area (Å²) in [5.41, 5.74) is 1.55. The molecular weight excluding hydrogens is 242 g/mol. The van der Waals surface area contributed by atoms with Crippen LogP contribution < -0.4 is 4.90 Å². The molecule has 0 radical (unpaired) electrons. The Morgan fingerprint density at radius 1 is 1.16 bits per heavy atom. The number of amides is 1. The summed E-state index contributed by atoms with van der Waals surface area (Å²) in [4.78, 5) is 25.5. The Morgan fingerprint density at radius 2 is 1.84 bits per heavy atom. The van der Waals surface area contributed by atoms with Crippen molar-refractivity contribution in [3.05, 3.63) is 29.8 Å². The highest BCUT2D eigenvalue weighted by Crippen LogP contribution is 2.38. The Balaban J connectivity index is 1.91. The highest BCUT2D eigenvalue weighted by Gasteiger charge is 2.38. The molecule has 1 aliphatic carbocycles. The number of carbonyl (C=O) groups excluding carboxylic acids is 1. The second-order valence-corrected chi connectivity index (χ2v) is 5.38. The van der Waals surface area contributed by atoms with Crippen LogP contribution in [-0.4, -0.2) is 23.5 Å². The molecular formula is C15H17NO3. The van der Waals surface area contributed by atoms with E-state index in [9.17, 15) is 14.7 Å². The van der Waals surface area contributed by atoms with Crippen molar-refractivity contribution in [2.45, 2.75) is 31.6 Å². The van der Waals surface area contributed by atoms with Crippen molar-refractivity contribution in [2.75, 3.05) is 11.4 Å². The number of fused-ring (bicyclic) bond motifs is 1. The molecule has 2 aliphatic rings. The van der Waals surface area contributed by atoms with E-state index < -0.39 is 11.9 Å². The summed E-state index contributed by atoms with van der Waals surface area (Å²) in [5.74, 6) is -1.25. The molecule has 1 atom stereocenters. The SMILES string of the molecule is O=C(O)C1CN(C(=O)C2CCCC2)c2ccccc21. The van der Waals surface area contributed by atoms with Crippen LogP contribution in [0.15, 0.2) is 24.3 Å². The lowest BCUT2D eigenvalue weighted by molar-refractivity contribution is -0.138. The first-order valence-corrected chi connectivity index (χ1v) is 6.81. The van der Waals surface area contributed by atoms with Gasteiger partial charge in [0, 0.05) is 18.2 Å². The highest BCUT2D eigenvalue weighted by molar-refractivity contribution is 6.00. The number of hydrogen-bond donors (Lipinski definition) is 1. The van der Waals surface area contributed by atoms with E-state index in [0.29, 0.717) is 0 Å². The van der Waals surface area contributed by atoms with E-state index in [1.54, 1.807) is 4.90 Å². The molecule has 1 aliphatic heterocycles. The van der Waals surface area contributed by atoms with Crippen LogP contribution in [-0.2, 0) is 9.59 Å². The number of carboxylic acid groups (broad SMARTS) is 1. The van der Waals surface area contributed by atoms with E-state index in [4.69, 9.17) is 0 Å². The Hall–Kier alpha value is -1.84. The summed E-state index contributed by atoms with van der Waals surface area (Å²) >= 11 is 0. The number of anilines is 1. The molecule has 1 heterocycles. The summed E-state index contributed by atoms with van der Waals surface area (Å²) in [5, 5.41) is 9.29. The average Bonchev–Trinajstić information content (AvgIpc) is 3.05. The number of aliphatic carboxylic acids is 1. The van der Waals surface area contributed by atoms with Gasteiger partial charge in [-0.05, 0) is 24.5 Å². The molecule has 0 saturated heterocycles. The molecule has 3 rings (SSSR count). The monoisotopic (exact) mass is 259 g/mol. The predicted molar refractivity (Wildman–Crippen MR) is 71.1 cm³/mol. The van der Waals surface area contributed by atoms with Gasteiger partial charge in [-0.25, -0.2) is 0 Å². The maximum Gasteiger partial charge on any atom is 0.312 e. The lowest BCUT2D eigenvalue weighted by Crippen LogP contribution is -2.35. The molecule has 1 aromatic rings. The Kier molecular flexibility index (Phi) is 3.01. The van der Waals surface area contributed by atoms with Gasteiger partial charge in [-0.2, -0.15) is 0 Å². The molecule has 1 aromatic carbocycles. The minimum absolute atomic E-state index is 0.0839. The predicted octanol–water partition coefficient (Wildman–Crippen LogP) is 2.39. The fourth-order valence-corrected chi connectivity index (χ4v) is 3.22. The van der Waals surface area contributed by atoms with Gasteiger partial charge in [0.05, 0.1) is 0 Å². The van der Waals surface area contributed by atoms with Crippen LogP contribution >= 0.6 is 0 Å². The van der Waals surface area contributed by atoms with Gasteiger partial charge in [-0.1, -0.05) is 31.0 Å². The van der Waals surface area contributed by atoms with Gasteiger partial charge in [0.15, 0.2) is 0 Å². The molecule has 0 bridgehead atoms. The van der Waals surface area contributed by atoms with E-state index in [1.165, 1.54) is 0 Å². The molecule has 4 nitrogen and oxygen atoms in total. The summed E-state index contributed by atoms with van der Waals surface area (Å²) in [6, 6.07) is 7.36. The first kappa shape index (κ1) is 12.2. The molecule has 1 fully saturated rings. The number of carbonyl (C=O) groups is 2. The molecule has 1 saturated carbocycles. The number of carboxylic acids is 1. The molecule has 4 heteroatoms. The van der Waals surface area contributed by atoms with Crippen LogP contribution in [0.1, 0.15) is 37.2 Å². The van der Waals surface area contributed by atoms with Crippen molar-refractivity contribution in [2.24, 2.45) is 5.92 Å². The lowest BCUT2D eigenvalue weighted by Gasteiger charge is -2.21. The smallest absolute Gasteiger partial charge is 0.312 e. The Morgan fingerprint density at radius 3 is 2.53 bits per heavy atom. The molecule has 0 aromatic heterocycles. The average molecular weight is 259 g/mol. The minimum atomic E-state index is -0.853. The van der Waals surface area contributed by atoms with Crippen molar-refractivity contribution in [3.63, 3.8) is 0 Å². The first-order chi connectivity index (χ1) is 9.18. The van der Waals surface area contributed by atoms with E-state index in [-0.39, 0.29) is 18.4 Å². The van der Waals surface area contributed by atoms with Crippen LogP contribution in [0.4, 0.5) is 5.69 Å². The van der Waals surface area contributed by atoms with Crippen LogP contribution in [0.2, 0.25) is 0 Å². The molecule has 1 unspecified atom stereocenters. The van der Waals surface area contributed by atoms with Gasteiger partial charge in [-0.3, -0.25) is 9.59 Å². The van der Waals surface area contributed by atoms with Gasteiger partial charge in [0.25, 0.3) is 0 Å². The van der Waals surface area contributed by atoms with Gasteiger partial charge in [0.2, 0.25) is 5.91 Å². The van der Waals surface area contributed by atoms with E-state index in [2.05, 4.69) is 0 Å². The zero-order valence-electron chi connectivity index (χ0n) is 10.7. The van der Waals surface area contributed by atoms with Crippen molar-refractivity contribution in [1.82, 2.24) is 0 Å². The number of hydrogen-bond acceptors (Lipinski definition) is 2. The maximum absolute atomic E-state index is 12.5. The fraction of sp³-hybridized carbons (Fsp3) is 0.467. The maximum atomic E-state index is 12.5. The van der Waals surface area contributed by atoms with Crippen molar-refractivity contribution >= 4 is 17.6 Å². The second kappa shape index (κ2) is 4.68. The molecule has 1 amide bonds. The number of nitrogens with zero attached hydrogens (tertiary/aromatic N) is 1. The third-order valence-electron chi connectivity index (χ3n) is 4.24. The van der Waals surface area contributed by atoms with Crippen molar-refractivity contribution < 1.29 is 14.7 Å².